The van der Waals surface area contributed by atoms with Crippen LogP contribution in [-0.4, -0.2) is 56.2 Å². The quantitative estimate of drug-likeness (QED) is 0.462. The van der Waals surface area contributed by atoms with Gasteiger partial charge >= 0.3 is 12.1 Å². The zero-order valence-electron chi connectivity index (χ0n) is 14.5. The van der Waals surface area contributed by atoms with Gasteiger partial charge in [-0.1, -0.05) is 7.43 Å². The fourth-order valence-corrected chi connectivity index (χ4v) is 1.08. The van der Waals surface area contributed by atoms with Crippen molar-refractivity contribution in [2.24, 2.45) is 5.73 Å². The third-order valence-corrected chi connectivity index (χ3v) is 1.94. The molecule has 0 saturated heterocycles. The van der Waals surface area contributed by atoms with Crippen molar-refractivity contribution in [2.45, 2.75) is 33.8 Å². The summed E-state index contributed by atoms with van der Waals surface area (Å²) >= 11 is 0. The smallest absolute Gasteiger partial charge is 0.414 e. The summed E-state index contributed by atoms with van der Waals surface area (Å²) in [6, 6.07) is 0. The van der Waals surface area contributed by atoms with Crippen LogP contribution >= 0.6 is 0 Å². The molecule has 0 unspecified atom stereocenters. The van der Waals surface area contributed by atoms with E-state index in [2.05, 4.69) is 15.2 Å². The fourth-order valence-electron chi connectivity index (χ4n) is 1.08. The van der Waals surface area contributed by atoms with Crippen LogP contribution in [0.15, 0.2) is 24.6 Å². The Morgan fingerprint density at radius 2 is 1.79 bits per heavy atom. The Balaban J connectivity index is -0.000000350. The van der Waals surface area contributed by atoms with E-state index in [0.717, 1.165) is 0 Å². The molecule has 0 fully saturated rings. The van der Waals surface area contributed by atoms with E-state index in [-0.39, 0.29) is 19.8 Å². The van der Waals surface area contributed by atoms with Crippen LogP contribution in [0.3, 0.4) is 0 Å². The standard InChI is InChI=1S/C9H13NO3.C5H8O3.CH5N.CH4/c1-9(2,3)13-8(12)10-5-4-7(11)6-10;1-7-4-3-5(6)8-2;1-2;/h4-5H,6H2,1-3H3;3-4H,1-2H3;2H2,1H3;1H4/b;4-3+;;. The van der Waals surface area contributed by atoms with Crippen molar-refractivity contribution in [2.75, 3.05) is 27.8 Å². The monoisotopic (exact) mass is 346 g/mol. The second-order valence-corrected chi connectivity index (χ2v) is 4.95. The first-order chi connectivity index (χ1) is 10.7. The molecular formula is C16H30N2O6. The number of methoxy groups -OCH3 is 2. The molecule has 1 amide bonds. The lowest BCUT2D eigenvalue weighted by Crippen LogP contribution is -2.33. The summed E-state index contributed by atoms with van der Waals surface area (Å²) in [5.41, 5.74) is 3.98. The lowest BCUT2D eigenvalue weighted by Gasteiger charge is -2.22. The molecule has 0 radical (unpaired) electrons. The van der Waals surface area contributed by atoms with Crippen LogP contribution < -0.4 is 5.73 Å². The number of ether oxygens (including phenoxy) is 3. The minimum Gasteiger partial charge on any atom is -0.504 e. The number of amides is 1. The zero-order chi connectivity index (χ0) is 18.5. The van der Waals surface area contributed by atoms with E-state index in [4.69, 9.17) is 4.74 Å². The summed E-state index contributed by atoms with van der Waals surface area (Å²) in [5, 5.41) is 0. The van der Waals surface area contributed by atoms with Gasteiger partial charge in [-0.05, 0) is 33.9 Å². The molecule has 1 heterocycles. The Labute approximate surface area is 144 Å². The molecule has 1 aliphatic rings. The maximum atomic E-state index is 11.3. The minimum atomic E-state index is -0.517. The van der Waals surface area contributed by atoms with E-state index in [0.29, 0.717) is 0 Å². The van der Waals surface area contributed by atoms with E-state index in [1.54, 1.807) is 20.8 Å². The molecule has 0 aromatic heterocycles. The van der Waals surface area contributed by atoms with Crippen LogP contribution in [0.4, 0.5) is 4.79 Å². The molecule has 24 heavy (non-hydrogen) atoms. The Kier molecular flexibility index (Phi) is 15.8. The molecule has 2 N–H and O–H groups in total. The summed E-state index contributed by atoms with van der Waals surface area (Å²) in [6.45, 7) is 5.44. The maximum absolute atomic E-state index is 11.3. The van der Waals surface area contributed by atoms with Crippen molar-refractivity contribution in [3.05, 3.63) is 24.6 Å². The third kappa shape index (κ3) is 14.6. The minimum absolute atomic E-state index is 0. The van der Waals surface area contributed by atoms with Gasteiger partial charge in [-0.2, -0.15) is 0 Å². The Morgan fingerprint density at radius 3 is 2.12 bits per heavy atom. The van der Waals surface area contributed by atoms with E-state index < -0.39 is 17.7 Å². The number of esters is 1. The maximum Gasteiger partial charge on any atom is 0.414 e. The van der Waals surface area contributed by atoms with E-state index >= 15 is 0 Å². The van der Waals surface area contributed by atoms with E-state index in [1.807, 2.05) is 0 Å². The molecule has 0 atom stereocenters. The number of carbonyl (C=O) groups is 3. The van der Waals surface area contributed by atoms with Crippen LogP contribution in [0, 0.1) is 0 Å². The van der Waals surface area contributed by atoms with Gasteiger partial charge in [0.25, 0.3) is 0 Å². The van der Waals surface area contributed by atoms with Gasteiger partial charge in [0.15, 0.2) is 5.78 Å². The normalized spacial score (nSPS) is 12.3. The average Bonchev–Trinajstić information content (AvgIpc) is 2.92. The summed E-state index contributed by atoms with van der Waals surface area (Å²) < 4.78 is 13.7. The van der Waals surface area contributed by atoms with Crippen LogP contribution in [-0.2, 0) is 23.8 Å². The molecule has 0 aromatic carbocycles. The predicted octanol–water partition coefficient (Wildman–Crippen LogP) is 1.85. The Morgan fingerprint density at radius 1 is 1.25 bits per heavy atom. The summed E-state index contributed by atoms with van der Waals surface area (Å²) in [7, 11) is 4.27. The molecule has 1 aliphatic heterocycles. The molecule has 0 aliphatic carbocycles. The Bertz CT molecular complexity index is 438. The molecule has 8 heteroatoms. The zero-order valence-corrected chi connectivity index (χ0v) is 14.5. The molecular weight excluding hydrogens is 316 g/mol. The third-order valence-electron chi connectivity index (χ3n) is 1.94. The second-order valence-electron chi connectivity index (χ2n) is 4.95. The van der Waals surface area contributed by atoms with E-state index in [9.17, 15) is 14.4 Å². The van der Waals surface area contributed by atoms with Crippen molar-refractivity contribution >= 4 is 17.8 Å². The number of nitrogens with two attached hydrogens (primary N) is 1. The van der Waals surface area contributed by atoms with Crippen LogP contribution in [0.5, 0.6) is 0 Å². The summed E-state index contributed by atoms with van der Waals surface area (Å²) in [4.78, 5) is 33.5. The number of rotatable bonds is 2. The first-order valence-corrected chi connectivity index (χ1v) is 6.75. The lowest BCUT2D eigenvalue weighted by atomic mass is 10.2. The molecule has 0 spiro atoms. The molecule has 140 valence electrons. The van der Waals surface area contributed by atoms with Gasteiger partial charge in [0, 0.05) is 6.20 Å². The highest BCUT2D eigenvalue weighted by atomic mass is 16.6. The van der Waals surface area contributed by atoms with Gasteiger partial charge in [0.05, 0.1) is 33.1 Å². The number of hydrogen-bond acceptors (Lipinski definition) is 7. The topological polar surface area (TPSA) is 108 Å². The highest BCUT2D eigenvalue weighted by molar-refractivity contribution is 5.96. The molecule has 0 bridgehead atoms. The van der Waals surface area contributed by atoms with Gasteiger partial charge in [-0.3, -0.25) is 9.69 Å². The number of hydrogen-bond donors (Lipinski definition) is 1. The van der Waals surface area contributed by atoms with Crippen LogP contribution in [0.25, 0.3) is 0 Å². The van der Waals surface area contributed by atoms with E-state index in [1.165, 1.54) is 50.8 Å². The fraction of sp³-hybridized carbons (Fsp3) is 0.562. The number of carbonyl (C=O) groups excluding carboxylic acids is 3. The van der Waals surface area contributed by atoms with Gasteiger partial charge < -0.3 is 19.9 Å². The van der Waals surface area contributed by atoms with Gasteiger partial charge in [0.1, 0.15) is 5.60 Å². The highest BCUT2D eigenvalue weighted by Crippen LogP contribution is 2.11. The summed E-state index contributed by atoms with van der Waals surface area (Å²) in [5.74, 6) is -0.488. The summed E-state index contributed by atoms with van der Waals surface area (Å²) in [6.07, 6.45) is 4.78. The molecule has 0 saturated carbocycles. The van der Waals surface area contributed by atoms with Crippen molar-refractivity contribution in [1.29, 1.82) is 0 Å². The highest BCUT2D eigenvalue weighted by Gasteiger charge is 2.24. The second kappa shape index (κ2) is 14.3. The lowest BCUT2D eigenvalue weighted by molar-refractivity contribution is -0.135. The average molecular weight is 346 g/mol. The Hall–Kier alpha value is -2.35. The predicted molar refractivity (Wildman–Crippen MR) is 92.1 cm³/mol. The first kappa shape index (κ1) is 26.5. The van der Waals surface area contributed by atoms with Crippen molar-refractivity contribution in [3.63, 3.8) is 0 Å². The number of nitrogens with zero attached hydrogens (tertiary/aromatic N) is 1. The molecule has 0 aromatic rings. The van der Waals surface area contributed by atoms with Crippen LogP contribution in [0.1, 0.15) is 28.2 Å². The SMILES string of the molecule is C.CC(C)(C)OC(=O)N1C=CC(=O)C1.CN.CO/C=C/C(=O)OC. The van der Waals surface area contributed by atoms with Gasteiger partial charge in [-0.25, -0.2) is 9.59 Å². The van der Waals surface area contributed by atoms with Crippen LogP contribution in [0.2, 0.25) is 0 Å². The largest absolute Gasteiger partial charge is 0.504 e. The van der Waals surface area contributed by atoms with Crippen molar-refractivity contribution < 1.29 is 28.6 Å². The van der Waals surface area contributed by atoms with Gasteiger partial charge in [-0.15, -0.1) is 0 Å². The van der Waals surface area contributed by atoms with Crippen molar-refractivity contribution in [3.8, 4) is 0 Å². The molecule has 1 rings (SSSR count). The molecule has 8 nitrogen and oxygen atoms in total. The number of ketones is 1. The van der Waals surface area contributed by atoms with Gasteiger partial charge in [0.2, 0.25) is 0 Å². The first-order valence-electron chi connectivity index (χ1n) is 6.75. The van der Waals surface area contributed by atoms with Crippen molar-refractivity contribution in [1.82, 2.24) is 4.90 Å².